The molecule has 0 aliphatic carbocycles. The fraction of sp³-hybridized carbons (Fsp3) is 0.0889. The van der Waals surface area contributed by atoms with E-state index in [1.807, 2.05) is 12.1 Å². The second-order valence-electron chi connectivity index (χ2n) is 14.8. The first-order valence-electron chi connectivity index (χ1n) is 17.6. The Bertz CT molecular complexity index is 2850. The van der Waals surface area contributed by atoms with Crippen LogP contribution in [-0.2, 0) is 5.41 Å². The topological polar surface area (TPSA) is 43.4 Å². The molecule has 5 nitrogen and oxygen atoms in total. The summed E-state index contributed by atoms with van der Waals surface area (Å²) in [6.07, 6.45) is 0. The maximum atomic E-state index is 7.14. The monoisotopic (exact) mass is 657 g/mol. The molecule has 5 heterocycles. The number of nitrogens with zero attached hydrogens (tertiary/aromatic N) is 3. The lowest BCUT2D eigenvalue weighted by Gasteiger charge is -2.40. The predicted octanol–water partition coefficient (Wildman–Crippen LogP) is 9.78. The second-order valence-corrected chi connectivity index (χ2v) is 14.8. The molecule has 0 amide bonds. The summed E-state index contributed by atoms with van der Waals surface area (Å²) in [7, 11) is 0. The highest BCUT2D eigenvalue weighted by Gasteiger charge is 2.45. The Morgan fingerprint density at radius 2 is 1.31 bits per heavy atom. The fourth-order valence-electron chi connectivity index (χ4n) is 8.43. The lowest BCUT2D eigenvalue weighted by atomic mass is 9.35. The van der Waals surface area contributed by atoms with Gasteiger partial charge < -0.3 is 14.1 Å². The first-order chi connectivity index (χ1) is 24.9. The van der Waals surface area contributed by atoms with Crippen LogP contribution in [0.1, 0.15) is 26.3 Å². The Labute approximate surface area is 295 Å². The van der Waals surface area contributed by atoms with Gasteiger partial charge in [-0.15, -0.1) is 0 Å². The van der Waals surface area contributed by atoms with Crippen molar-refractivity contribution in [1.29, 1.82) is 0 Å². The number of furan rings is 1. The fourth-order valence-corrected chi connectivity index (χ4v) is 8.43. The van der Waals surface area contributed by atoms with Crippen molar-refractivity contribution in [1.82, 2.24) is 9.55 Å². The molecule has 0 radical (unpaired) electrons. The number of fused-ring (bicyclic) bond motifs is 11. The summed E-state index contributed by atoms with van der Waals surface area (Å²) >= 11 is 0. The standard InChI is InChI=1S/C45H32BN3O2/c1-45(2,3)27-25-36-42-39(26-27)51-43-32(21-23-38-41(43)31-17-9-12-20-37(31)50-38)46(42)44-35(48(36)28-13-5-4-6-14-28)22-24-40(47-44)49-33-18-10-7-15-29(33)30-16-8-11-19-34(30)49/h4-26H,1-3H3. The Balaban J connectivity index is 1.26. The molecule has 3 aromatic heterocycles. The van der Waals surface area contributed by atoms with Crippen molar-refractivity contribution < 1.29 is 9.15 Å². The molecule has 0 unspecified atom stereocenters. The number of hydrogen-bond acceptors (Lipinski definition) is 4. The zero-order chi connectivity index (χ0) is 34.0. The molecule has 0 fully saturated rings. The van der Waals surface area contributed by atoms with Gasteiger partial charge in [0.2, 0.25) is 0 Å². The Morgan fingerprint density at radius 1 is 0.627 bits per heavy atom. The van der Waals surface area contributed by atoms with Crippen LogP contribution in [0, 0.1) is 0 Å². The molecule has 0 N–H and O–H groups in total. The Morgan fingerprint density at radius 3 is 2.06 bits per heavy atom. The minimum atomic E-state index is -0.172. The van der Waals surface area contributed by atoms with E-state index in [4.69, 9.17) is 14.1 Å². The maximum absolute atomic E-state index is 7.14. The Hall–Kier alpha value is -6.27. The SMILES string of the molecule is CC(C)(C)c1cc2c3c(c1)N(c1ccccc1)c1ccc(-n4c5ccccc5c5ccccc54)nc1B3c1ccc3oc4ccccc4c3c1O2. The molecule has 0 saturated heterocycles. The highest BCUT2D eigenvalue weighted by atomic mass is 16.5. The van der Waals surface area contributed by atoms with E-state index in [1.54, 1.807) is 0 Å². The molecule has 242 valence electrons. The van der Waals surface area contributed by atoms with Crippen LogP contribution in [0.25, 0.3) is 49.6 Å². The van der Waals surface area contributed by atoms with Crippen molar-refractivity contribution in [3.05, 3.63) is 145 Å². The molecule has 11 rings (SSSR count). The number of hydrogen-bond donors (Lipinski definition) is 0. The highest BCUT2D eigenvalue weighted by Crippen LogP contribution is 2.45. The summed E-state index contributed by atoms with van der Waals surface area (Å²) in [6, 6.07) is 49.5. The normalized spacial score (nSPS) is 13.5. The van der Waals surface area contributed by atoms with E-state index >= 15 is 0 Å². The summed E-state index contributed by atoms with van der Waals surface area (Å²) in [6.45, 7) is 6.62. The molecule has 2 aliphatic rings. The van der Waals surface area contributed by atoms with Gasteiger partial charge in [-0.2, -0.15) is 0 Å². The highest BCUT2D eigenvalue weighted by molar-refractivity contribution is 6.99. The summed E-state index contributed by atoms with van der Waals surface area (Å²) in [4.78, 5) is 8.08. The summed E-state index contributed by atoms with van der Waals surface area (Å²) in [5.74, 6) is 2.59. The third-order valence-electron chi connectivity index (χ3n) is 10.8. The van der Waals surface area contributed by atoms with Gasteiger partial charge in [0.25, 0.3) is 6.71 Å². The number of para-hydroxylation sites is 4. The van der Waals surface area contributed by atoms with Crippen LogP contribution in [0.15, 0.2) is 144 Å². The van der Waals surface area contributed by atoms with Gasteiger partial charge in [-0.3, -0.25) is 4.57 Å². The first kappa shape index (κ1) is 28.6. The van der Waals surface area contributed by atoms with Gasteiger partial charge in [0.05, 0.1) is 22.1 Å². The van der Waals surface area contributed by atoms with Gasteiger partial charge in [0.15, 0.2) is 0 Å². The first-order valence-corrected chi connectivity index (χ1v) is 17.6. The van der Waals surface area contributed by atoms with E-state index in [-0.39, 0.29) is 12.1 Å². The van der Waals surface area contributed by atoms with Crippen LogP contribution < -0.4 is 26.2 Å². The van der Waals surface area contributed by atoms with E-state index in [0.29, 0.717) is 0 Å². The van der Waals surface area contributed by atoms with E-state index in [2.05, 4.69) is 158 Å². The molecule has 9 aromatic rings. The molecule has 2 aliphatic heterocycles. The lowest BCUT2D eigenvalue weighted by Crippen LogP contribution is -2.60. The summed E-state index contributed by atoms with van der Waals surface area (Å²) in [5, 5.41) is 4.48. The van der Waals surface area contributed by atoms with E-state index in [1.165, 1.54) is 16.3 Å². The second kappa shape index (κ2) is 10.1. The quantitative estimate of drug-likeness (QED) is 0.174. The average molecular weight is 658 g/mol. The molecular weight excluding hydrogens is 625 g/mol. The van der Waals surface area contributed by atoms with Crippen LogP contribution >= 0.6 is 0 Å². The van der Waals surface area contributed by atoms with E-state index in [0.717, 1.165) is 83.9 Å². The van der Waals surface area contributed by atoms with Gasteiger partial charge >= 0.3 is 0 Å². The van der Waals surface area contributed by atoms with E-state index in [9.17, 15) is 0 Å². The zero-order valence-corrected chi connectivity index (χ0v) is 28.5. The van der Waals surface area contributed by atoms with Gasteiger partial charge in [-0.1, -0.05) is 99.6 Å². The molecule has 6 heteroatoms. The van der Waals surface area contributed by atoms with E-state index < -0.39 is 0 Å². The third-order valence-corrected chi connectivity index (χ3v) is 10.8. The number of anilines is 3. The molecule has 0 saturated carbocycles. The number of aromatic nitrogens is 2. The summed E-state index contributed by atoms with van der Waals surface area (Å²) in [5.41, 5.74) is 11.5. The number of ether oxygens (including phenoxy) is 1. The van der Waals surface area contributed by atoms with Crippen molar-refractivity contribution in [3.63, 3.8) is 0 Å². The third kappa shape index (κ3) is 3.96. The van der Waals surface area contributed by atoms with Gasteiger partial charge in [0.1, 0.15) is 28.5 Å². The van der Waals surface area contributed by atoms with Crippen molar-refractivity contribution >= 4 is 84.0 Å². The van der Waals surface area contributed by atoms with Crippen molar-refractivity contribution in [2.24, 2.45) is 0 Å². The van der Waals surface area contributed by atoms with Crippen LogP contribution in [0.2, 0.25) is 0 Å². The van der Waals surface area contributed by atoms with Gasteiger partial charge in [-0.05, 0) is 82.6 Å². The number of rotatable bonds is 2. The lowest BCUT2D eigenvalue weighted by molar-refractivity contribution is 0.488. The predicted molar refractivity (Wildman–Crippen MR) is 210 cm³/mol. The number of benzene rings is 6. The van der Waals surface area contributed by atoms with Crippen molar-refractivity contribution in [3.8, 4) is 17.3 Å². The van der Waals surface area contributed by atoms with Crippen LogP contribution in [0.3, 0.4) is 0 Å². The Kier molecular flexibility index (Phi) is 5.68. The summed E-state index contributed by atoms with van der Waals surface area (Å²) < 4.78 is 15.8. The minimum absolute atomic E-state index is 0.111. The van der Waals surface area contributed by atoms with Crippen molar-refractivity contribution in [2.45, 2.75) is 26.2 Å². The average Bonchev–Trinajstić information content (AvgIpc) is 3.71. The number of pyridine rings is 1. The molecule has 0 atom stereocenters. The largest absolute Gasteiger partial charge is 0.458 e. The molecule has 51 heavy (non-hydrogen) atoms. The van der Waals surface area contributed by atoms with Crippen molar-refractivity contribution in [2.75, 3.05) is 4.90 Å². The molecular formula is C45H32BN3O2. The smallest absolute Gasteiger partial charge is 0.279 e. The van der Waals surface area contributed by atoms with Gasteiger partial charge in [-0.25, -0.2) is 4.98 Å². The van der Waals surface area contributed by atoms with Gasteiger partial charge in [0, 0.05) is 33.1 Å². The zero-order valence-electron chi connectivity index (χ0n) is 28.5. The maximum Gasteiger partial charge on any atom is 0.279 e. The molecule has 0 bridgehead atoms. The minimum Gasteiger partial charge on any atom is -0.458 e. The van der Waals surface area contributed by atoms with Crippen LogP contribution in [-0.4, -0.2) is 16.3 Å². The molecule has 6 aromatic carbocycles. The van der Waals surface area contributed by atoms with Crippen LogP contribution in [0.4, 0.5) is 17.1 Å². The molecule has 0 spiro atoms. The van der Waals surface area contributed by atoms with Crippen LogP contribution in [0.5, 0.6) is 11.5 Å².